The maximum absolute atomic E-state index is 13.7. The van der Waals surface area contributed by atoms with E-state index in [2.05, 4.69) is 4.98 Å². The van der Waals surface area contributed by atoms with E-state index in [1.807, 2.05) is 25.1 Å². The van der Waals surface area contributed by atoms with Gasteiger partial charge in [-0.15, -0.1) is 0 Å². The number of hydrogen-bond acceptors (Lipinski definition) is 6. The lowest BCUT2D eigenvalue weighted by atomic mass is 10.1. The SMILES string of the molecule is CCCCn1c(N)c(N(Cc2ccco2)C(=O)c2oc3ccccc3c2C)c(=O)[nH]c1=O. The first-order chi connectivity index (χ1) is 15.4. The van der Waals surface area contributed by atoms with Crippen LogP contribution >= 0.6 is 0 Å². The molecule has 0 atom stereocenters. The fourth-order valence-corrected chi connectivity index (χ4v) is 3.69. The van der Waals surface area contributed by atoms with Gasteiger partial charge in [0.1, 0.15) is 17.2 Å². The molecule has 0 fully saturated rings. The number of amides is 1. The van der Waals surface area contributed by atoms with E-state index in [-0.39, 0.29) is 23.8 Å². The number of nitrogen functional groups attached to an aromatic ring is 1. The Balaban J connectivity index is 1.88. The number of nitrogens with one attached hydrogen (secondary N) is 1. The molecule has 3 heterocycles. The summed E-state index contributed by atoms with van der Waals surface area (Å²) >= 11 is 0. The molecule has 4 aromatic rings. The van der Waals surface area contributed by atoms with Crippen molar-refractivity contribution >= 4 is 28.4 Å². The number of H-pyrrole nitrogens is 1. The molecule has 0 aliphatic carbocycles. The summed E-state index contributed by atoms with van der Waals surface area (Å²) in [7, 11) is 0. The van der Waals surface area contributed by atoms with Crippen LogP contribution in [0.3, 0.4) is 0 Å². The zero-order valence-electron chi connectivity index (χ0n) is 17.9. The van der Waals surface area contributed by atoms with E-state index in [1.54, 1.807) is 25.1 Å². The molecule has 0 radical (unpaired) electrons. The third-order valence-electron chi connectivity index (χ3n) is 5.40. The molecule has 0 saturated carbocycles. The van der Waals surface area contributed by atoms with Crippen LogP contribution in [0.4, 0.5) is 11.5 Å². The number of nitrogens with two attached hydrogens (primary N) is 1. The predicted molar refractivity (Wildman–Crippen MR) is 121 cm³/mol. The summed E-state index contributed by atoms with van der Waals surface area (Å²) in [5, 5.41) is 0.795. The number of aryl methyl sites for hydroxylation is 1. The van der Waals surface area contributed by atoms with Crippen LogP contribution in [0.5, 0.6) is 0 Å². The molecule has 0 aliphatic rings. The molecule has 3 N–H and O–H groups in total. The van der Waals surface area contributed by atoms with Crippen LogP contribution in [0.15, 0.2) is 61.1 Å². The van der Waals surface area contributed by atoms with Crippen LogP contribution in [0, 0.1) is 6.92 Å². The monoisotopic (exact) mass is 436 g/mol. The van der Waals surface area contributed by atoms with Crippen LogP contribution in [-0.2, 0) is 13.1 Å². The van der Waals surface area contributed by atoms with Crippen LogP contribution in [0.25, 0.3) is 11.0 Å². The molecule has 32 heavy (non-hydrogen) atoms. The van der Waals surface area contributed by atoms with E-state index in [4.69, 9.17) is 14.6 Å². The Hall–Kier alpha value is -4.01. The topological polar surface area (TPSA) is 127 Å². The standard InChI is InChI=1S/C23H24N4O5/c1-3-4-11-26-20(24)18(21(28)25-23(26)30)27(13-15-8-7-12-31-15)22(29)19-14(2)16-9-5-6-10-17(16)32-19/h5-10,12H,3-4,11,13,24H2,1-2H3,(H,25,28,30). The van der Waals surface area contributed by atoms with Gasteiger partial charge in [-0.25, -0.2) is 4.79 Å². The molecule has 1 amide bonds. The molecule has 9 heteroatoms. The van der Waals surface area contributed by atoms with E-state index < -0.39 is 17.2 Å². The Kier molecular flexibility index (Phi) is 5.72. The molecule has 4 rings (SSSR count). The minimum absolute atomic E-state index is 0.0679. The van der Waals surface area contributed by atoms with E-state index in [9.17, 15) is 14.4 Å². The van der Waals surface area contributed by atoms with Crippen LogP contribution in [-0.4, -0.2) is 15.5 Å². The smallest absolute Gasteiger partial charge is 0.330 e. The molecular formula is C23H24N4O5. The predicted octanol–water partition coefficient (Wildman–Crippen LogP) is 3.41. The highest BCUT2D eigenvalue weighted by atomic mass is 16.3. The molecule has 0 saturated heterocycles. The summed E-state index contributed by atoms with van der Waals surface area (Å²) in [4.78, 5) is 42.3. The van der Waals surface area contributed by atoms with E-state index in [0.717, 1.165) is 11.8 Å². The molecular weight excluding hydrogens is 412 g/mol. The number of aromatic amines is 1. The second kappa shape index (κ2) is 8.62. The molecule has 166 valence electrons. The average Bonchev–Trinajstić information content (AvgIpc) is 3.40. The van der Waals surface area contributed by atoms with Gasteiger partial charge in [-0.05, 0) is 31.5 Å². The second-order valence-electron chi connectivity index (χ2n) is 7.52. The van der Waals surface area contributed by atoms with Gasteiger partial charge in [0.15, 0.2) is 11.4 Å². The zero-order chi connectivity index (χ0) is 22.8. The van der Waals surface area contributed by atoms with Crippen molar-refractivity contribution in [3.8, 4) is 0 Å². The van der Waals surface area contributed by atoms with Gasteiger partial charge in [-0.3, -0.25) is 24.0 Å². The van der Waals surface area contributed by atoms with Gasteiger partial charge in [-0.1, -0.05) is 31.5 Å². The first-order valence-corrected chi connectivity index (χ1v) is 10.4. The number of aromatic nitrogens is 2. The number of fused-ring (bicyclic) bond motifs is 1. The van der Waals surface area contributed by atoms with Crippen molar-refractivity contribution in [1.29, 1.82) is 0 Å². The normalized spacial score (nSPS) is 11.2. The Morgan fingerprint density at radius 2 is 1.97 bits per heavy atom. The van der Waals surface area contributed by atoms with Gasteiger partial charge in [0.2, 0.25) is 0 Å². The number of carbonyl (C=O) groups excluding carboxylic acids is 1. The minimum atomic E-state index is -0.756. The molecule has 9 nitrogen and oxygen atoms in total. The van der Waals surface area contributed by atoms with Gasteiger partial charge in [0.25, 0.3) is 11.5 Å². The first kappa shape index (κ1) is 21.2. The number of rotatable bonds is 7. The first-order valence-electron chi connectivity index (χ1n) is 10.4. The highest BCUT2D eigenvalue weighted by Gasteiger charge is 2.30. The number of furan rings is 2. The number of benzene rings is 1. The molecule has 0 unspecified atom stereocenters. The fourth-order valence-electron chi connectivity index (χ4n) is 3.69. The van der Waals surface area contributed by atoms with Crippen LogP contribution in [0.1, 0.15) is 41.6 Å². The second-order valence-corrected chi connectivity index (χ2v) is 7.52. The average molecular weight is 436 g/mol. The highest BCUT2D eigenvalue weighted by molar-refractivity contribution is 6.08. The van der Waals surface area contributed by atoms with Gasteiger partial charge in [-0.2, -0.15) is 0 Å². The Morgan fingerprint density at radius 1 is 1.19 bits per heavy atom. The molecule has 1 aromatic carbocycles. The Bertz CT molecular complexity index is 1380. The molecule has 0 aliphatic heterocycles. The lowest BCUT2D eigenvalue weighted by Crippen LogP contribution is -2.41. The quantitative estimate of drug-likeness (QED) is 0.457. The van der Waals surface area contributed by atoms with Crippen molar-refractivity contribution in [2.45, 2.75) is 39.8 Å². The minimum Gasteiger partial charge on any atom is -0.467 e. The molecule has 3 aromatic heterocycles. The zero-order valence-corrected chi connectivity index (χ0v) is 17.9. The van der Waals surface area contributed by atoms with Crippen LogP contribution < -0.4 is 21.9 Å². The van der Waals surface area contributed by atoms with Gasteiger partial charge >= 0.3 is 5.69 Å². The maximum Gasteiger partial charge on any atom is 0.330 e. The summed E-state index contributed by atoms with van der Waals surface area (Å²) in [6.07, 6.45) is 2.98. The third-order valence-corrected chi connectivity index (χ3v) is 5.40. The molecule has 0 spiro atoms. The van der Waals surface area contributed by atoms with Gasteiger partial charge in [0, 0.05) is 17.5 Å². The Labute approximate surface area is 183 Å². The summed E-state index contributed by atoms with van der Waals surface area (Å²) in [5.74, 6) is -0.117. The number of anilines is 2. The largest absolute Gasteiger partial charge is 0.467 e. The highest BCUT2D eigenvalue weighted by Crippen LogP contribution is 2.29. The van der Waals surface area contributed by atoms with Crippen molar-refractivity contribution in [3.05, 3.63) is 80.6 Å². The van der Waals surface area contributed by atoms with E-state index >= 15 is 0 Å². The number of unbranched alkanes of at least 4 members (excludes halogenated alkanes) is 1. The van der Waals surface area contributed by atoms with E-state index in [1.165, 1.54) is 15.7 Å². The number of hydrogen-bond donors (Lipinski definition) is 2. The maximum atomic E-state index is 13.7. The van der Waals surface area contributed by atoms with Crippen molar-refractivity contribution in [1.82, 2.24) is 9.55 Å². The van der Waals surface area contributed by atoms with E-state index in [0.29, 0.717) is 29.9 Å². The summed E-state index contributed by atoms with van der Waals surface area (Å²) in [6, 6.07) is 10.7. The third kappa shape index (κ3) is 3.73. The van der Waals surface area contributed by atoms with Crippen molar-refractivity contribution in [3.63, 3.8) is 0 Å². The fraction of sp³-hybridized carbons (Fsp3) is 0.261. The Morgan fingerprint density at radius 3 is 2.66 bits per heavy atom. The van der Waals surface area contributed by atoms with Crippen LogP contribution in [0.2, 0.25) is 0 Å². The number of para-hydroxylation sites is 1. The van der Waals surface area contributed by atoms with Gasteiger partial charge < -0.3 is 14.6 Å². The number of nitrogens with zero attached hydrogens (tertiary/aromatic N) is 2. The lowest BCUT2D eigenvalue weighted by Gasteiger charge is -2.23. The number of carbonyl (C=O) groups is 1. The summed E-state index contributed by atoms with van der Waals surface area (Å²) in [5.41, 5.74) is 5.98. The van der Waals surface area contributed by atoms with Crippen molar-refractivity contribution < 1.29 is 13.6 Å². The summed E-state index contributed by atoms with van der Waals surface area (Å²) < 4.78 is 12.5. The van der Waals surface area contributed by atoms with Crippen molar-refractivity contribution in [2.24, 2.45) is 0 Å². The van der Waals surface area contributed by atoms with Crippen molar-refractivity contribution in [2.75, 3.05) is 10.6 Å². The summed E-state index contributed by atoms with van der Waals surface area (Å²) in [6.45, 7) is 4.00. The van der Waals surface area contributed by atoms with Gasteiger partial charge in [0.05, 0.1) is 12.8 Å². The lowest BCUT2D eigenvalue weighted by molar-refractivity contribution is 0.0957. The molecule has 0 bridgehead atoms.